The van der Waals surface area contributed by atoms with Crippen LogP contribution in [0.3, 0.4) is 0 Å². The molecule has 18 heavy (non-hydrogen) atoms. The first-order chi connectivity index (χ1) is 8.66. The Bertz CT molecular complexity index is 618. The molecule has 0 saturated carbocycles. The summed E-state index contributed by atoms with van der Waals surface area (Å²) in [6, 6.07) is 9.96. The third-order valence-corrected chi connectivity index (χ3v) is 3.76. The van der Waals surface area contributed by atoms with Gasteiger partial charge in [-0.3, -0.25) is 4.79 Å². The molecule has 1 aliphatic rings. The van der Waals surface area contributed by atoms with Crippen LogP contribution >= 0.6 is 15.9 Å². The molecule has 0 saturated heterocycles. The Morgan fingerprint density at radius 3 is 2.83 bits per heavy atom. The number of amides is 1. The standard InChI is InChI=1S/C14H13BrN2O/c1-16-9-11(15)8-13(16)14(18)17-7-6-10-4-2-3-5-12(10)17/h2-5,8-9H,6-7H2,1H3. The number of benzene rings is 1. The average molecular weight is 305 g/mol. The fourth-order valence-electron chi connectivity index (χ4n) is 2.42. The molecule has 2 aromatic rings. The number of carbonyl (C=O) groups is 1. The van der Waals surface area contributed by atoms with Gasteiger partial charge in [-0.05, 0) is 40.0 Å². The van der Waals surface area contributed by atoms with Crippen LogP contribution in [0.4, 0.5) is 5.69 Å². The van der Waals surface area contributed by atoms with Gasteiger partial charge in [0.25, 0.3) is 5.91 Å². The molecule has 0 bridgehead atoms. The van der Waals surface area contributed by atoms with Crippen LogP contribution < -0.4 is 4.90 Å². The third kappa shape index (κ3) is 1.77. The lowest BCUT2D eigenvalue weighted by molar-refractivity contribution is 0.0981. The summed E-state index contributed by atoms with van der Waals surface area (Å²) >= 11 is 3.40. The van der Waals surface area contributed by atoms with Crippen molar-refractivity contribution in [2.75, 3.05) is 11.4 Å². The number of anilines is 1. The molecular formula is C14H13BrN2O. The molecule has 0 spiro atoms. The van der Waals surface area contributed by atoms with Gasteiger partial charge < -0.3 is 9.47 Å². The van der Waals surface area contributed by atoms with Crippen molar-refractivity contribution >= 4 is 27.5 Å². The third-order valence-electron chi connectivity index (χ3n) is 3.32. The van der Waals surface area contributed by atoms with E-state index in [0.29, 0.717) is 5.69 Å². The van der Waals surface area contributed by atoms with Gasteiger partial charge >= 0.3 is 0 Å². The van der Waals surface area contributed by atoms with E-state index in [9.17, 15) is 4.79 Å². The highest BCUT2D eigenvalue weighted by Gasteiger charge is 2.26. The van der Waals surface area contributed by atoms with E-state index in [1.165, 1.54) is 5.56 Å². The van der Waals surface area contributed by atoms with E-state index >= 15 is 0 Å². The average Bonchev–Trinajstić information content (AvgIpc) is 2.92. The summed E-state index contributed by atoms with van der Waals surface area (Å²) in [4.78, 5) is 14.4. The van der Waals surface area contributed by atoms with E-state index in [2.05, 4.69) is 22.0 Å². The van der Waals surface area contributed by atoms with E-state index < -0.39 is 0 Å². The summed E-state index contributed by atoms with van der Waals surface area (Å²) in [5.74, 6) is 0.0631. The molecule has 1 amide bonds. The van der Waals surface area contributed by atoms with E-state index in [4.69, 9.17) is 0 Å². The van der Waals surface area contributed by atoms with Gasteiger partial charge in [0.05, 0.1) is 0 Å². The molecule has 2 heterocycles. The Morgan fingerprint density at radius 1 is 1.33 bits per heavy atom. The predicted molar refractivity (Wildman–Crippen MR) is 74.9 cm³/mol. The van der Waals surface area contributed by atoms with Crippen LogP contribution in [0.2, 0.25) is 0 Å². The Labute approximate surface area is 114 Å². The Kier molecular flexibility index (Phi) is 2.74. The van der Waals surface area contributed by atoms with Gasteiger partial charge in [0.15, 0.2) is 0 Å². The highest BCUT2D eigenvalue weighted by atomic mass is 79.9. The fourth-order valence-corrected chi connectivity index (χ4v) is 2.95. The van der Waals surface area contributed by atoms with Crippen molar-refractivity contribution in [2.45, 2.75) is 6.42 Å². The summed E-state index contributed by atoms with van der Waals surface area (Å²) in [6.07, 6.45) is 2.84. The highest BCUT2D eigenvalue weighted by Crippen LogP contribution is 2.29. The number of hydrogen-bond donors (Lipinski definition) is 0. The zero-order valence-corrected chi connectivity index (χ0v) is 11.6. The first-order valence-corrected chi connectivity index (χ1v) is 6.68. The number of aryl methyl sites for hydroxylation is 1. The van der Waals surface area contributed by atoms with Crippen LogP contribution in [0.5, 0.6) is 0 Å². The van der Waals surface area contributed by atoms with Crippen molar-refractivity contribution in [3.05, 3.63) is 52.3 Å². The van der Waals surface area contributed by atoms with Crippen molar-refractivity contribution in [1.29, 1.82) is 0 Å². The molecule has 0 aliphatic carbocycles. The molecule has 1 aromatic heterocycles. The van der Waals surface area contributed by atoms with Crippen LogP contribution in [0.1, 0.15) is 16.1 Å². The maximum atomic E-state index is 12.5. The van der Waals surface area contributed by atoms with E-state index in [-0.39, 0.29) is 5.91 Å². The zero-order chi connectivity index (χ0) is 12.7. The maximum Gasteiger partial charge on any atom is 0.274 e. The first-order valence-electron chi connectivity index (χ1n) is 5.88. The first kappa shape index (κ1) is 11.5. The minimum atomic E-state index is 0.0631. The molecule has 0 unspecified atom stereocenters. The molecule has 3 nitrogen and oxygen atoms in total. The lowest BCUT2D eigenvalue weighted by atomic mass is 10.2. The summed E-state index contributed by atoms with van der Waals surface area (Å²) in [5.41, 5.74) is 3.00. The fraction of sp³-hybridized carbons (Fsp3) is 0.214. The quantitative estimate of drug-likeness (QED) is 0.795. The van der Waals surface area contributed by atoms with Crippen LogP contribution in [-0.4, -0.2) is 17.0 Å². The van der Waals surface area contributed by atoms with E-state index in [0.717, 1.165) is 23.1 Å². The topological polar surface area (TPSA) is 25.2 Å². The zero-order valence-electron chi connectivity index (χ0n) is 10.1. The monoisotopic (exact) mass is 304 g/mol. The Balaban J connectivity index is 1.98. The summed E-state index contributed by atoms with van der Waals surface area (Å²) in [5, 5.41) is 0. The maximum absolute atomic E-state index is 12.5. The smallest absolute Gasteiger partial charge is 0.274 e. The van der Waals surface area contributed by atoms with Gasteiger partial charge in [-0.1, -0.05) is 18.2 Å². The normalized spacial score (nSPS) is 13.8. The minimum absolute atomic E-state index is 0.0631. The molecule has 0 atom stereocenters. The van der Waals surface area contributed by atoms with Crippen LogP contribution in [-0.2, 0) is 13.5 Å². The van der Waals surface area contributed by atoms with Crippen molar-refractivity contribution in [1.82, 2.24) is 4.57 Å². The number of nitrogens with zero attached hydrogens (tertiary/aromatic N) is 2. The summed E-state index contributed by atoms with van der Waals surface area (Å²) in [6.45, 7) is 0.765. The van der Waals surface area contributed by atoms with Gasteiger partial charge in [0, 0.05) is 29.9 Å². The number of para-hydroxylation sites is 1. The molecule has 1 aliphatic heterocycles. The van der Waals surface area contributed by atoms with Crippen LogP contribution in [0.25, 0.3) is 0 Å². The number of hydrogen-bond acceptors (Lipinski definition) is 1. The second-order valence-corrected chi connectivity index (χ2v) is 5.41. The molecule has 3 rings (SSSR count). The number of carbonyl (C=O) groups excluding carboxylic acids is 1. The molecule has 92 valence electrons. The SMILES string of the molecule is Cn1cc(Br)cc1C(=O)N1CCc2ccccc21. The largest absolute Gasteiger partial charge is 0.345 e. The van der Waals surface area contributed by atoms with Crippen molar-refractivity contribution < 1.29 is 4.79 Å². The Morgan fingerprint density at radius 2 is 2.11 bits per heavy atom. The lowest BCUT2D eigenvalue weighted by Gasteiger charge is -2.17. The molecule has 1 aromatic carbocycles. The summed E-state index contributed by atoms with van der Waals surface area (Å²) in [7, 11) is 1.89. The molecule has 4 heteroatoms. The molecular weight excluding hydrogens is 292 g/mol. The van der Waals surface area contributed by atoms with Gasteiger partial charge in [-0.15, -0.1) is 0 Å². The van der Waals surface area contributed by atoms with Crippen LogP contribution in [0.15, 0.2) is 41.0 Å². The summed E-state index contributed by atoms with van der Waals surface area (Å²) < 4.78 is 2.79. The van der Waals surface area contributed by atoms with Gasteiger partial charge in [0.2, 0.25) is 0 Å². The second-order valence-electron chi connectivity index (χ2n) is 4.49. The highest BCUT2D eigenvalue weighted by molar-refractivity contribution is 9.10. The molecule has 0 N–H and O–H groups in total. The van der Waals surface area contributed by atoms with Gasteiger partial charge in [0.1, 0.15) is 5.69 Å². The van der Waals surface area contributed by atoms with Crippen molar-refractivity contribution in [3.63, 3.8) is 0 Å². The van der Waals surface area contributed by atoms with Gasteiger partial charge in [-0.25, -0.2) is 0 Å². The predicted octanol–water partition coefficient (Wildman–Crippen LogP) is 2.99. The second kappa shape index (κ2) is 4.28. The van der Waals surface area contributed by atoms with E-state index in [1.807, 2.05) is 47.0 Å². The minimum Gasteiger partial charge on any atom is -0.345 e. The molecule has 0 fully saturated rings. The Hall–Kier alpha value is -1.55. The van der Waals surface area contributed by atoms with Crippen molar-refractivity contribution in [2.24, 2.45) is 7.05 Å². The number of aromatic nitrogens is 1. The lowest BCUT2D eigenvalue weighted by Crippen LogP contribution is -2.30. The number of rotatable bonds is 1. The van der Waals surface area contributed by atoms with Crippen molar-refractivity contribution in [3.8, 4) is 0 Å². The number of halogens is 1. The number of fused-ring (bicyclic) bond motifs is 1. The van der Waals surface area contributed by atoms with Gasteiger partial charge in [-0.2, -0.15) is 0 Å². The molecule has 0 radical (unpaired) electrons. The van der Waals surface area contributed by atoms with E-state index in [1.54, 1.807) is 0 Å². The van der Waals surface area contributed by atoms with Crippen LogP contribution in [0, 0.1) is 0 Å².